The van der Waals surface area contributed by atoms with Crippen molar-refractivity contribution in [2.24, 2.45) is 0 Å². The van der Waals surface area contributed by atoms with Gasteiger partial charge in [0.15, 0.2) is 14.2 Å². The number of benzene rings is 4. The predicted molar refractivity (Wildman–Crippen MR) is 173 cm³/mol. The van der Waals surface area contributed by atoms with Crippen LogP contribution in [-0.2, 0) is 26.8 Å². The first kappa shape index (κ1) is 31.5. The fraction of sp³-hybridized carbons (Fsp3) is 0.156. The molecule has 2 N–H and O–H groups in total. The van der Waals surface area contributed by atoms with Crippen LogP contribution in [0.15, 0.2) is 106 Å². The number of aromatic nitrogens is 1. The van der Waals surface area contributed by atoms with E-state index in [2.05, 4.69) is 10.3 Å². The number of amides is 1. The highest BCUT2D eigenvalue weighted by Gasteiger charge is 2.24. The summed E-state index contributed by atoms with van der Waals surface area (Å²) in [5.74, 6) is -1.23. The van der Waals surface area contributed by atoms with Crippen LogP contribution in [0.4, 0.5) is 0 Å². The van der Waals surface area contributed by atoms with Crippen LogP contribution in [0.1, 0.15) is 27.9 Å². The molecular formula is C32H27ClN2O6S3. The van der Waals surface area contributed by atoms with Crippen LogP contribution < -0.4 is 10.1 Å². The van der Waals surface area contributed by atoms with Crippen LogP contribution in [0.5, 0.6) is 5.75 Å². The van der Waals surface area contributed by atoms with Gasteiger partial charge in [-0.3, -0.25) is 4.79 Å². The summed E-state index contributed by atoms with van der Waals surface area (Å²) in [5, 5.41) is 12.7. The number of nitrogens with one attached hydrogen (secondary N) is 1. The molecule has 12 heteroatoms. The van der Waals surface area contributed by atoms with Gasteiger partial charge in [-0.05, 0) is 78.6 Å². The molecule has 5 rings (SSSR count). The molecule has 1 amide bonds. The number of fused-ring (bicyclic) bond motifs is 1. The summed E-state index contributed by atoms with van der Waals surface area (Å²) in [5.41, 5.74) is 2.86. The first-order valence-corrected chi connectivity index (χ1v) is 17.3. The smallest absolute Gasteiger partial charge is 0.366 e. The molecule has 5 aromatic rings. The molecule has 1 aromatic heterocycles. The molecule has 0 fully saturated rings. The second kappa shape index (κ2) is 14.3. The minimum Gasteiger partial charge on any atom is -0.477 e. The minimum atomic E-state index is -3.43. The average Bonchev–Trinajstić information content (AvgIpc) is 3.44. The molecule has 4 aromatic carbocycles. The van der Waals surface area contributed by atoms with E-state index in [9.17, 15) is 23.1 Å². The zero-order valence-electron chi connectivity index (χ0n) is 23.2. The standard InChI is InChI=1S/C32H27ClN2O6S3/c33-23-13-17-25(18-14-23)44(39,40)19-5-6-21-11-15-24(16-12-21)41-30(31(37)38)35-29(36)26-8-2-1-7-22(26)20-42-32-34-27-9-3-4-10-28(27)43-32/h1-4,7-18,30H,5-6,19-20H2,(H,35,36)(H,37,38). The van der Waals surface area contributed by atoms with Crippen molar-refractivity contribution in [3.05, 3.63) is 119 Å². The lowest BCUT2D eigenvalue weighted by atomic mass is 10.1. The molecular weight excluding hydrogens is 640 g/mol. The van der Waals surface area contributed by atoms with Gasteiger partial charge in [0.05, 0.1) is 20.9 Å². The average molecular weight is 667 g/mol. The summed E-state index contributed by atoms with van der Waals surface area (Å²) in [6, 6.07) is 27.6. The van der Waals surface area contributed by atoms with Crippen molar-refractivity contribution in [3.63, 3.8) is 0 Å². The Bertz CT molecular complexity index is 1840. The molecule has 1 unspecified atom stereocenters. The second-order valence-corrected chi connectivity index (χ2v) is 14.5. The highest BCUT2D eigenvalue weighted by molar-refractivity contribution is 8.00. The van der Waals surface area contributed by atoms with E-state index >= 15 is 0 Å². The molecule has 0 aliphatic heterocycles. The topological polar surface area (TPSA) is 123 Å². The third-order valence-electron chi connectivity index (χ3n) is 6.60. The van der Waals surface area contributed by atoms with Gasteiger partial charge in [-0.25, -0.2) is 18.2 Å². The van der Waals surface area contributed by atoms with E-state index in [1.165, 1.54) is 23.9 Å². The van der Waals surface area contributed by atoms with Crippen LogP contribution in [0, 0.1) is 0 Å². The van der Waals surface area contributed by atoms with Crippen molar-refractivity contribution < 1.29 is 27.9 Å². The molecule has 44 heavy (non-hydrogen) atoms. The number of aryl methyl sites for hydroxylation is 1. The zero-order valence-corrected chi connectivity index (χ0v) is 26.4. The number of hydrogen-bond acceptors (Lipinski definition) is 8. The minimum absolute atomic E-state index is 0.0272. The number of carboxylic acid groups (broad SMARTS) is 1. The van der Waals surface area contributed by atoms with E-state index in [0.717, 1.165) is 25.7 Å². The maximum atomic E-state index is 13.2. The Morgan fingerprint density at radius 2 is 1.66 bits per heavy atom. The number of carbonyl (C=O) groups excluding carboxylic acids is 1. The summed E-state index contributed by atoms with van der Waals surface area (Å²) >= 11 is 8.93. The SMILES string of the molecule is O=C(NC(Oc1ccc(CCCS(=O)(=O)c2ccc(Cl)cc2)cc1)C(=O)O)c1ccccc1CSc1nc2ccccc2s1. The number of carboxylic acids is 1. The van der Waals surface area contributed by atoms with Crippen LogP contribution in [0.25, 0.3) is 10.2 Å². The fourth-order valence-corrected chi connectivity index (χ4v) is 7.86. The number of thiazole rings is 1. The van der Waals surface area contributed by atoms with Gasteiger partial charge in [0.2, 0.25) is 0 Å². The fourth-order valence-electron chi connectivity index (χ4n) is 4.36. The number of para-hydroxylation sites is 1. The van der Waals surface area contributed by atoms with Crippen molar-refractivity contribution >= 4 is 66.6 Å². The number of thioether (sulfide) groups is 1. The monoisotopic (exact) mass is 666 g/mol. The number of rotatable bonds is 13. The molecule has 226 valence electrons. The van der Waals surface area contributed by atoms with E-state index in [-0.39, 0.29) is 16.4 Å². The number of sulfone groups is 1. The van der Waals surface area contributed by atoms with E-state index in [4.69, 9.17) is 16.3 Å². The number of halogens is 1. The summed E-state index contributed by atoms with van der Waals surface area (Å²) in [6.07, 6.45) is -0.726. The Balaban J connectivity index is 1.17. The Hall–Kier alpha value is -3.90. The number of aliphatic carboxylic acids is 1. The van der Waals surface area contributed by atoms with Gasteiger partial charge >= 0.3 is 5.97 Å². The Morgan fingerprint density at radius 1 is 0.955 bits per heavy atom. The van der Waals surface area contributed by atoms with Gasteiger partial charge in [0.1, 0.15) is 5.75 Å². The van der Waals surface area contributed by atoms with Crippen LogP contribution in [0.3, 0.4) is 0 Å². The normalized spacial score (nSPS) is 12.1. The molecule has 0 aliphatic rings. The zero-order chi connectivity index (χ0) is 31.1. The van der Waals surface area contributed by atoms with Gasteiger partial charge in [-0.15, -0.1) is 11.3 Å². The molecule has 0 aliphatic carbocycles. The second-order valence-electron chi connectivity index (χ2n) is 9.72. The van der Waals surface area contributed by atoms with Crippen molar-refractivity contribution in [1.82, 2.24) is 10.3 Å². The number of hydrogen-bond donors (Lipinski definition) is 2. The molecule has 0 bridgehead atoms. The summed E-state index contributed by atoms with van der Waals surface area (Å²) in [6.45, 7) is 0. The highest BCUT2D eigenvalue weighted by atomic mass is 35.5. The summed E-state index contributed by atoms with van der Waals surface area (Å²) in [7, 11) is -3.43. The van der Waals surface area contributed by atoms with Crippen molar-refractivity contribution in [2.75, 3.05) is 5.75 Å². The third kappa shape index (κ3) is 8.17. The Morgan fingerprint density at radius 3 is 2.39 bits per heavy atom. The quantitative estimate of drug-likeness (QED) is 0.103. The lowest BCUT2D eigenvalue weighted by Crippen LogP contribution is -2.45. The molecule has 0 saturated heterocycles. The van der Waals surface area contributed by atoms with Gasteiger partial charge < -0.3 is 15.2 Å². The third-order valence-corrected chi connectivity index (χ3v) is 10.9. The van der Waals surface area contributed by atoms with Crippen LogP contribution in [0.2, 0.25) is 5.02 Å². The van der Waals surface area contributed by atoms with Crippen molar-refractivity contribution in [2.45, 2.75) is 34.1 Å². The first-order chi connectivity index (χ1) is 21.2. The predicted octanol–water partition coefficient (Wildman–Crippen LogP) is 6.87. The lowest BCUT2D eigenvalue weighted by Gasteiger charge is -2.18. The van der Waals surface area contributed by atoms with Crippen LogP contribution >= 0.6 is 34.7 Å². The molecule has 0 spiro atoms. The van der Waals surface area contributed by atoms with E-state index < -0.39 is 27.9 Å². The highest BCUT2D eigenvalue weighted by Crippen LogP contribution is 2.32. The number of ether oxygens (including phenoxy) is 1. The van der Waals surface area contributed by atoms with E-state index in [1.807, 2.05) is 36.4 Å². The lowest BCUT2D eigenvalue weighted by molar-refractivity contribution is -0.146. The Labute approximate surface area is 268 Å². The van der Waals surface area contributed by atoms with Crippen molar-refractivity contribution in [3.8, 4) is 5.75 Å². The maximum absolute atomic E-state index is 13.2. The molecule has 1 heterocycles. The van der Waals surface area contributed by atoms with E-state index in [0.29, 0.717) is 29.2 Å². The molecule has 8 nitrogen and oxygen atoms in total. The Kier molecular flexibility index (Phi) is 10.2. The molecule has 0 radical (unpaired) electrons. The van der Waals surface area contributed by atoms with Gasteiger partial charge in [0.25, 0.3) is 12.1 Å². The maximum Gasteiger partial charge on any atom is 0.366 e. The van der Waals surface area contributed by atoms with E-state index in [1.54, 1.807) is 59.9 Å². The summed E-state index contributed by atoms with van der Waals surface area (Å²) in [4.78, 5) is 30.0. The molecule has 1 atom stereocenters. The molecule has 0 saturated carbocycles. The van der Waals surface area contributed by atoms with Gasteiger partial charge in [-0.1, -0.05) is 65.8 Å². The van der Waals surface area contributed by atoms with Crippen LogP contribution in [-0.4, -0.2) is 42.4 Å². The van der Waals surface area contributed by atoms with Gasteiger partial charge in [0, 0.05) is 16.3 Å². The van der Waals surface area contributed by atoms with Crippen molar-refractivity contribution in [1.29, 1.82) is 0 Å². The number of carbonyl (C=O) groups is 2. The first-order valence-electron chi connectivity index (χ1n) is 13.5. The van der Waals surface area contributed by atoms with Gasteiger partial charge in [-0.2, -0.15) is 0 Å². The number of nitrogens with zero attached hydrogens (tertiary/aromatic N) is 1. The largest absolute Gasteiger partial charge is 0.477 e. The summed E-state index contributed by atoms with van der Waals surface area (Å²) < 4.78 is 32.7.